The van der Waals surface area contributed by atoms with Gasteiger partial charge in [-0.1, -0.05) is 24.3 Å². The third-order valence-corrected chi connectivity index (χ3v) is 4.41. The number of hydrogen-bond donors (Lipinski definition) is 1. The smallest absolute Gasteiger partial charge is 0.128 e. The molecule has 0 radical (unpaired) electrons. The monoisotopic (exact) mass is 292 g/mol. The number of H-pyrrole nitrogens is 1. The van der Waals surface area contributed by atoms with Crippen molar-refractivity contribution < 1.29 is 0 Å². The van der Waals surface area contributed by atoms with Gasteiger partial charge in [-0.25, -0.2) is 4.98 Å². The van der Waals surface area contributed by atoms with Crippen LogP contribution in [-0.2, 0) is 6.54 Å². The second-order valence-corrected chi connectivity index (χ2v) is 5.81. The summed E-state index contributed by atoms with van der Waals surface area (Å²) in [6.07, 6.45) is 4.02. The summed E-state index contributed by atoms with van der Waals surface area (Å²) in [5.74, 6) is 1.09. The van der Waals surface area contributed by atoms with E-state index in [-0.39, 0.29) is 0 Å². The number of hydrogen-bond acceptors (Lipinski definition) is 3. The third-order valence-electron chi connectivity index (χ3n) is 4.41. The van der Waals surface area contributed by atoms with Crippen LogP contribution >= 0.6 is 0 Å². The van der Waals surface area contributed by atoms with E-state index in [1.807, 2.05) is 12.3 Å². The van der Waals surface area contributed by atoms with Crippen molar-refractivity contribution in [3.8, 4) is 0 Å². The molecule has 4 rings (SSSR count). The molecule has 1 N–H and O–H groups in total. The normalized spacial score (nSPS) is 16.3. The van der Waals surface area contributed by atoms with Crippen molar-refractivity contribution in [2.75, 3.05) is 31.1 Å². The predicted octanol–water partition coefficient (Wildman–Crippen LogP) is 2.89. The molecule has 0 aliphatic carbocycles. The molecule has 1 fully saturated rings. The Hall–Kier alpha value is -2.33. The molecular formula is C18H20N4. The number of pyridine rings is 1. The molecular weight excluding hydrogens is 272 g/mol. The van der Waals surface area contributed by atoms with Crippen LogP contribution in [0.5, 0.6) is 0 Å². The molecule has 0 atom stereocenters. The van der Waals surface area contributed by atoms with E-state index in [9.17, 15) is 0 Å². The van der Waals surface area contributed by atoms with Gasteiger partial charge in [0.25, 0.3) is 0 Å². The van der Waals surface area contributed by atoms with Gasteiger partial charge < -0.3 is 9.88 Å². The number of para-hydroxylation sites is 1. The molecule has 3 aromatic rings. The lowest BCUT2D eigenvalue weighted by molar-refractivity contribution is 0.250. The van der Waals surface area contributed by atoms with Gasteiger partial charge in [0.2, 0.25) is 0 Å². The van der Waals surface area contributed by atoms with Crippen molar-refractivity contribution in [3.63, 3.8) is 0 Å². The highest BCUT2D eigenvalue weighted by Gasteiger charge is 2.18. The maximum atomic E-state index is 4.45. The van der Waals surface area contributed by atoms with Crippen molar-refractivity contribution in [1.82, 2.24) is 14.9 Å². The number of nitrogens with one attached hydrogen (secondary N) is 1. The van der Waals surface area contributed by atoms with Crippen molar-refractivity contribution in [1.29, 1.82) is 0 Å². The van der Waals surface area contributed by atoms with Crippen molar-refractivity contribution in [2.24, 2.45) is 0 Å². The van der Waals surface area contributed by atoms with Gasteiger partial charge in [0, 0.05) is 56.0 Å². The van der Waals surface area contributed by atoms with Gasteiger partial charge in [0.15, 0.2) is 0 Å². The topological polar surface area (TPSA) is 35.2 Å². The second kappa shape index (κ2) is 5.81. The van der Waals surface area contributed by atoms with E-state index in [0.29, 0.717) is 0 Å². The predicted molar refractivity (Wildman–Crippen MR) is 90.0 cm³/mol. The highest BCUT2D eigenvalue weighted by Crippen LogP contribution is 2.20. The Labute approximate surface area is 130 Å². The first kappa shape index (κ1) is 13.3. The SMILES string of the molecule is c1ccc(N2CCN(Cc3c[nH]c4ccccc34)CC2)nc1. The van der Waals surface area contributed by atoms with E-state index in [0.717, 1.165) is 38.5 Å². The summed E-state index contributed by atoms with van der Waals surface area (Å²) >= 11 is 0. The van der Waals surface area contributed by atoms with Crippen LogP contribution in [0, 0.1) is 0 Å². The molecule has 1 aromatic carbocycles. The Kier molecular flexibility index (Phi) is 3.52. The molecule has 112 valence electrons. The first-order valence-corrected chi connectivity index (χ1v) is 7.83. The zero-order valence-electron chi connectivity index (χ0n) is 12.6. The van der Waals surface area contributed by atoms with Gasteiger partial charge in [-0.2, -0.15) is 0 Å². The minimum absolute atomic E-state index is 1.01. The van der Waals surface area contributed by atoms with Gasteiger partial charge in [0.05, 0.1) is 0 Å². The van der Waals surface area contributed by atoms with Gasteiger partial charge in [0.1, 0.15) is 5.82 Å². The molecule has 3 heterocycles. The zero-order chi connectivity index (χ0) is 14.8. The third kappa shape index (κ3) is 2.57. The average Bonchev–Trinajstić information content (AvgIpc) is 3.00. The van der Waals surface area contributed by atoms with Gasteiger partial charge in [-0.05, 0) is 23.8 Å². The number of benzene rings is 1. The van der Waals surface area contributed by atoms with E-state index in [1.54, 1.807) is 0 Å². The number of nitrogens with zero attached hydrogens (tertiary/aromatic N) is 3. The lowest BCUT2D eigenvalue weighted by Crippen LogP contribution is -2.46. The number of fused-ring (bicyclic) bond motifs is 1. The fourth-order valence-electron chi connectivity index (χ4n) is 3.18. The molecule has 4 nitrogen and oxygen atoms in total. The molecule has 0 saturated carbocycles. The summed E-state index contributed by atoms with van der Waals surface area (Å²) in [5.41, 5.74) is 2.62. The lowest BCUT2D eigenvalue weighted by Gasteiger charge is -2.35. The molecule has 0 bridgehead atoms. The summed E-state index contributed by atoms with van der Waals surface area (Å²) in [5, 5.41) is 1.34. The number of rotatable bonds is 3. The van der Waals surface area contributed by atoms with Crippen LogP contribution in [0.4, 0.5) is 5.82 Å². The van der Waals surface area contributed by atoms with E-state index >= 15 is 0 Å². The standard InChI is InChI=1S/C18H20N4/c1-2-6-17-16(5-1)15(13-20-17)14-21-9-11-22(12-10-21)18-7-3-4-8-19-18/h1-8,13,20H,9-12,14H2. The van der Waals surface area contributed by atoms with Crippen LogP contribution in [0.15, 0.2) is 54.9 Å². The highest BCUT2D eigenvalue weighted by atomic mass is 15.3. The van der Waals surface area contributed by atoms with E-state index < -0.39 is 0 Å². The Bertz CT molecular complexity index is 742. The summed E-state index contributed by atoms with van der Waals surface area (Å²) < 4.78 is 0. The fourth-order valence-corrected chi connectivity index (χ4v) is 3.18. The average molecular weight is 292 g/mol. The number of piperazine rings is 1. The fraction of sp³-hybridized carbons (Fsp3) is 0.278. The lowest BCUT2D eigenvalue weighted by atomic mass is 10.1. The van der Waals surface area contributed by atoms with Crippen LogP contribution in [0.2, 0.25) is 0 Å². The maximum Gasteiger partial charge on any atom is 0.128 e. The molecule has 0 unspecified atom stereocenters. The molecule has 1 aliphatic heterocycles. The maximum absolute atomic E-state index is 4.45. The van der Waals surface area contributed by atoms with E-state index in [2.05, 4.69) is 62.4 Å². The quantitative estimate of drug-likeness (QED) is 0.806. The molecule has 22 heavy (non-hydrogen) atoms. The molecule has 1 aliphatic rings. The van der Waals surface area contributed by atoms with Crippen LogP contribution in [0.3, 0.4) is 0 Å². The summed E-state index contributed by atoms with van der Waals surface area (Å²) in [6.45, 7) is 5.25. The first-order chi connectivity index (χ1) is 10.9. The van der Waals surface area contributed by atoms with Crippen LogP contribution < -0.4 is 4.90 Å². The number of aromatic amines is 1. The minimum Gasteiger partial charge on any atom is -0.361 e. The van der Waals surface area contributed by atoms with Gasteiger partial charge in [-0.15, -0.1) is 0 Å². The Morgan fingerprint density at radius 2 is 1.77 bits per heavy atom. The van der Waals surface area contributed by atoms with Gasteiger partial charge in [-0.3, -0.25) is 4.90 Å². The van der Waals surface area contributed by atoms with Crippen LogP contribution in [0.1, 0.15) is 5.56 Å². The Balaban J connectivity index is 1.42. The van der Waals surface area contributed by atoms with Crippen LogP contribution in [-0.4, -0.2) is 41.0 Å². The largest absolute Gasteiger partial charge is 0.361 e. The summed E-state index contributed by atoms with van der Waals surface area (Å²) in [7, 11) is 0. The van der Waals surface area contributed by atoms with Crippen molar-refractivity contribution in [2.45, 2.75) is 6.54 Å². The first-order valence-electron chi connectivity index (χ1n) is 7.83. The van der Waals surface area contributed by atoms with Crippen LogP contribution in [0.25, 0.3) is 10.9 Å². The minimum atomic E-state index is 1.01. The van der Waals surface area contributed by atoms with Crippen molar-refractivity contribution in [3.05, 3.63) is 60.4 Å². The molecule has 4 heteroatoms. The Morgan fingerprint density at radius 3 is 2.59 bits per heavy atom. The van der Waals surface area contributed by atoms with E-state index in [1.165, 1.54) is 16.5 Å². The number of aromatic nitrogens is 2. The highest BCUT2D eigenvalue weighted by molar-refractivity contribution is 5.82. The zero-order valence-corrected chi connectivity index (χ0v) is 12.6. The number of anilines is 1. The van der Waals surface area contributed by atoms with E-state index in [4.69, 9.17) is 0 Å². The second-order valence-electron chi connectivity index (χ2n) is 5.81. The van der Waals surface area contributed by atoms with Gasteiger partial charge >= 0.3 is 0 Å². The molecule has 1 saturated heterocycles. The summed E-state index contributed by atoms with van der Waals surface area (Å²) in [4.78, 5) is 12.7. The molecule has 0 amide bonds. The summed E-state index contributed by atoms with van der Waals surface area (Å²) in [6, 6.07) is 14.6. The molecule has 0 spiro atoms. The molecule has 2 aromatic heterocycles. The van der Waals surface area contributed by atoms with Crippen molar-refractivity contribution >= 4 is 16.7 Å². The Morgan fingerprint density at radius 1 is 0.955 bits per heavy atom.